The van der Waals surface area contributed by atoms with Crippen molar-refractivity contribution < 1.29 is 9.18 Å². The van der Waals surface area contributed by atoms with Gasteiger partial charge in [0.05, 0.1) is 11.9 Å². The second-order valence-electron chi connectivity index (χ2n) is 5.93. The Morgan fingerprint density at radius 3 is 2.69 bits per heavy atom. The maximum absolute atomic E-state index is 13.6. The molecule has 0 aliphatic rings. The van der Waals surface area contributed by atoms with Gasteiger partial charge in [-0.25, -0.2) is 9.37 Å². The fourth-order valence-corrected chi connectivity index (χ4v) is 3.09. The second kappa shape index (κ2) is 6.35. The molecule has 0 atom stereocenters. The van der Waals surface area contributed by atoms with Gasteiger partial charge in [0.15, 0.2) is 0 Å². The van der Waals surface area contributed by atoms with E-state index < -0.39 is 5.24 Å². The van der Waals surface area contributed by atoms with Gasteiger partial charge in [-0.1, -0.05) is 6.07 Å². The summed E-state index contributed by atoms with van der Waals surface area (Å²) in [6.07, 6.45) is 4.94. The molecule has 26 heavy (non-hydrogen) atoms. The molecule has 6 heteroatoms. The molecule has 0 aliphatic heterocycles. The lowest BCUT2D eigenvalue weighted by Gasteiger charge is -2.11. The van der Waals surface area contributed by atoms with Crippen LogP contribution in [0.25, 0.3) is 28.0 Å². The quantitative estimate of drug-likeness (QED) is 0.486. The van der Waals surface area contributed by atoms with Crippen LogP contribution in [0.2, 0.25) is 0 Å². The second-order valence-corrected chi connectivity index (χ2v) is 6.27. The molecule has 3 heterocycles. The number of hydrogen-bond acceptors (Lipinski definition) is 3. The summed E-state index contributed by atoms with van der Waals surface area (Å²) in [6, 6.07) is 12.4. The number of halogens is 2. The first-order chi connectivity index (χ1) is 12.5. The van der Waals surface area contributed by atoms with Crippen molar-refractivity contribution in [2.45, 2.75) is 6.92 Å². The Balaban J connectivity index is 1.91. The van der Waals surface area contributed by atoms with Crippen LogP contribution in [-0.4, -0.2) is 19.6 Å². The van der Waals surface area contributed by atoms with Crippen LogP contribution in [-0.2, 0) is 0 Å². The third-order valence-corrected chi connectivity index (χ3v) is 4.45. The molecular formula is C20H13ClFN3O. The highest BCUT2D eigenvalue weighted by Crippen LogP contribution is 2.31. The number of aromatic nitrogens is 3. The molecule has 0 N–H and O–H groups in total. The van der Waals surface area contributed by atoms with E-state index >= 15 is 0 Å². The summed E-state index contributed by atoms with van der Waals surface area (Å²) >= 11 is 5.63. The van der Waals surface area contributed by atoms with Gasteiger partial charge in [-0.3, -0.25) is 14.2 Å². The number of benzene rings is 1. The fraction of sp³-hybridized carbons (Fsp3) is 0.0500. The van der Waals surface area contributed by atoms with Gasteiger partial charge in [0.25, 0.3) is 5.24 Å². The van der Waals surface area contributed by atoms with Crippen LogP contribution < -0.4 is 0 Å². The van der Waals surface area contributed by atoms with E-state index in [-0.39, 0.29) is 5.82 Å². The predicted octanol–water partition coefficient (Wildman–Crippen LogP) is 4.89. The van der Waals surface area contributed by atoms with Gasteiger partial charge >= 0.3 is 0 Å². The normalized spacial score (nSPS) is 11.0. The van der Waals surface area contributed by atoms with Crippen molar-refractivity contribution in [1.82, 2.24) is 14.4 Å². The highest BCUT2D eigenvalue weighted by Gasteiger charge is 2.13. The predicted molar refractivity (Wildman–Crippen MR) is 98.7 cm³/mol. The number of aryl methyl sites for hydroxylation is 1. The molecule has 0 saturated heterocycles. The number of hydrogen-bond donors (Lipinski definition) is 0. The largest absolute Gasteiger partial charge is 0.295 e. The third kappa shape index (κ3) is 2.76. The number of fused-ring (bicyclic) bond motifs is 1. The third-order valence-electron chi connectivity index (χ3n) is 4.26. The van der Waals surface area contributed by atoms with Crippen LogP contribution in [0, 0.1) is 12.7 Å². The van der Waals surface area contributed by atoms with Crippen LogP contribution in [0.15, 0.2) is 61.1 Å². The van der Waals surface area contributed by atoms with Gasteiger partial charge < -0.3 is 0 Å². The van der Waals surface area contributed by atoms with Crippen molar-refractivity contribution >= 4 is 22.5 Å². The molecule has 4 rings (SSSR count). The topological polar surface area (TPSA) is 47.3 Å². The average molecular weight is 366 g/mol. The molecule has 128 valence electrons. The zero-order chi connectivity index (χ0) is 18.3. The van der Waals surface area contributed by atoms with E-state index in [0.29, 0.717) is 16.9 Å². The summed E-state index contributed by atoms with van der Waals surface area (Å²) in [4.78, 5) is 20.2. The van der Waals surface area contributed by atoms with Gasteiger partial charge in [-0.2, -0.15) is 0 Å². The standard InChI is InChI=1S/C20H13ClFN3O/c1-12-9-13(4-6-16(12)22)19-15(3-2-8-23-19)14-5-7-18-24-10-17(20(21)26)25(18)11-14/h2-11H,1H3. The van der Waals surface area contributed by atoms with E-state index in [0.717, 1.165) is 22.4 Å². The molecule has 3 aromatic heterocycles. The van der Waals surface area contributed by atoms with Crippen molar-refractivity contribution in [3.63, 3.8) is 0 Å². The molecular weight excluding hydrogens is 353 g/mol. The van der Waals surface area contributed by atoms with Crippen LogP contribution in [0.5, 0.6) is 0 Å². The number of nitrogens with zero attached hydrogens (tertiary/aromatic N) is 3. The van der Waals surface area contributed by atoms with Gasteiger partial charge in [0.2, 0.25) is 0 Å². The van der Waals surface area contributed by atoms with Crippen LogP contribution in [0.4, 0.5) is 4.39 Å². The van der Waals surface area contributed by atoms with Crippen molar-refractivity contribution in [2.75, 3.05) is 0 Å². The SMILES string of the molecule is Cc1cc(-c2ncccc2-c2ccc3ncc(C(=O)Cl)n3c2)ccc1F. The Morgan fingerprint density at radius 2 is 1.92 bits per heavy atom. The van der Waals surface area contributed by atoms with Gasteiger partial charge in [-0.05, 0) is 60.5 Å². The Labute approximate surface area is 153 Å². The van der Waals surface area contributed by atoms with E-state index in [9.17, 15) is 9.18 Å². The summed E-state index contributed by atoms with van der Waals surface area (Å²) in [5, 5.41) is -0.574. The monoisotopic (exact) mass is 365 g/mol. The fourth-order valence-electron chi connectivity index (χ4n) is 2.95. The molecule has 0 unspecified atom stereocenters. The Bertz CT molecular complexity index is 1150. The van der Waals surface area contributed by atoms with Crippen molar-refractivity contribution in [1.29, 1.82) is 0 Å². The van der Waals surface area contributed by atoms with E-state index in [2.05, 4.69) is 9.97 Å². The maximum atomic E-state index is 13.6. The van der Waals surface area contributed by atoms with E-state index in [1.807, 2.05) is 24.3 Å². The van der Waals surface area contributed by atoms with Crippen molar-refractivity contribution in [3.05, 3.63) is 78.1 Å². The molecule has 0 aliphatic carbocycles. The van der Waals surface area contributed by atoms with Gasteiger partial charge in [-0.15, -0.1) is 0 Å². The smallest absolute Gasteiger partial charge is 0.270 e. The first-order valence-electron chi connectivity index (χ1n) is 7.93. The molecule has 0 spiro atoms. The number of imidazole rings is 1. The summed E-state index contributed by atoms with van der Waals surface area (Å²) in [6.45, 7) is 1.72. The number of pyridine rings is 2. The minimum absolute atomic E-state index is 0.253. The van der Waals surface area contributed by atoms with Gasteiger partial charge in [0, 0.05) is 29.1 Å². The molecule has 0 bridgehead atoms. The summed E-state index contributed by atoms with van der Waals surface area (Å²) < 4.78 is 15.3. The lowest BCUT2D eigenvalue weighted by atomic mass is 9.99. The minimum Gasteiger partial charge on any atom is -0.295 e. The first-order valence-corrected chi connectivity index (χ1v) is 8.31. The molecule has 0 amide bonds. The highest BCUT2D eigenvalue weighted by atomic mass is 35.5. The number of rotatable bonds is 3. The molecule has 0 saturated carbocycles. The zero-order valence-corrected chi connectivity index (χ0v) is 14.5. The highest BCUT2D eigenvalue weighted by molar-refractivity contribution is 6.67. The van der Waals surface area contributed by atoms with Crippen LogP contribution >= 0.6 is 11.6 Å². The van der Waals surface area contributed by atoms with Crippen LogP contribution in [0.1, 0.15) is 16.1 Å². The van der Waals surface area contributed by atoms with Crippen LogP contribution in [0.3, 0.4) is 0 Å². The molecule has 1 aromatic carbocycles. The molecule has 4 nitrogen and oxygen atoms in total. The molecule has 0 fully saturated rings. The lowest BCUT2D eigenvalue weighted by Crippen LogP contribution is -1.97. The van der Waals surface area contributed by atoms with Crippen molar-refractivity contribution in [3.8, 4) is 22.4 Å². The first kappa shape index (κ1) is 16.4. The summed E-state index contributed by atoms with van der Waals surface area (Å²) in [7, 11) is 0. The minimum atomic E-state index is -0.574. The Kier molecular flexibility index (Phi) is 4.01. The molecule has 4 aromatic rings. The summed E-state index contributed by atoms with van der Waals surface area (Å²) in [5.74, 6) is -0.253. The average Bonchev–Trinajstić information content (AvgIpc) is 3.07. The lowest BCUT2D eigenvalue weighted by molar-refractivity contribution is 0.107. The summed E-state index contributed by atoms with van der Waals surface area (Å²) in [5.41, 5.74) is 4.74. The molecule has 0 radical (unpaired) electrons. The zero-order valence-electron chi connectivity index (χ0n) is 13.8. The van der Waals surface area contributed by atoms with E-state index in [4.69, 9.17) is 11.6 Å². The Morgan fingerprint density at radius 1 is 1.12 bits per heavy atom. The number of carbonyl (C=O) groups excluding carboxylic acids is 1. The maximum Gasteiger partial charge on any atom is 0.270 e. The van der Waals surface area contributed by atoms with Gasteiger partial charge in [0.1, 0.15) is 17.2 Å². The van der Waals surface area contributed by atoms with Crippen molar-refractivity contribution in [2.24, 2.45) is 0 Å². The number of carbonyl (C=O) groups is 1. The van der Waals surface area contributed by atoms with E-state index in [1.165, 1.54) is 12.3 Å². The van der Waals surface area contributed by atoms with E-state index in [1.54, 1.807) is 35.9 Å². The Hall–Kier alpha value is -3.05.